The molecular weight excluding hydrogens is 204 g/mol. The van der Waals surface area contributed by atoms with Crippen molar-refractivity contribution in [1.82, 2.24) is 4.90 Å². The lowest BCUT2D eigenvalue weighted by Crippen LogP contribution is -2.66. The van der Waals surface area contributed by atoms with Crippen LogP contribution in [0.15, 0.2) is 0 Å². The van der Waals surface area contributed by atoms with Crippen LogP contribution in [0.3, 0.4) is 0 Å². The molecule has 0 aliphatic carbocycles. The highest BCUT2D eigenvalue weighted by atomic mass is 16.5. The summed E-state index contributed by atoms with van der Waals surface area (Å²) in [4.78, 5) is 2.36. The van der Waals surface area contributed by atoms with Gasteiger partial charge < -0.3 is 14.4 Å². The Morgan fingerprint density at radius 2 is 1.94 bits per heavy atom. The highest BCUT2D eigenvalue weighted by Crippen LogP contribution is 2.56. The van der Waals surface area contributed by atoms with Crippen molar-refractivity contribution in [2.75, 3.05) is 46.6 Å². The highest BCUT2D eigenvalue weighted by Gasteiger charge is 2.64. The van der Waals surface area contributed by atoms with E-state index in [4.69, 9.17) is 9.47 Å². The molecule has 3 fully saturated rings. The first-order chi connectivity index (χ1) is 7.72. The Labute approximate surface area is 96.1 Å². The maximum absolute atomic E-state index is 9.46. The summed E-state index contributed by atoms with van der Waals surface area (Å²) in [5, 5.41) is 9.46. The maximum Gasteiger partial charge on any atom is 0.114 e. The number of nitrogens with zero attached hydrogens (tertiary/aromatic N) is 2. The van der Waals surface area contributed by atoms with Gasteiger partial charge in [-0.3, -0.25) is 0 Å². The number of ether oxygens (including phenoxy) is 2. The van der Waals surface area contributed by atoms with Gasteiger partial charge in [-0.15, -0.1) is 0 Å². The molecule has 3 saturated heterocycles. The predicted octanol–water partition coefficient (Wildman–Crippen LogP) is 0.495. The molecule has 0 amide bonds. The van der Waals surface area contributed by atoms with Crippen molar-refractivity contribution in [3.8, 4) is 6.07 Å². The quantitative estimate of drug-likeness (QED) is 0.682. The van der Waals surface area contributed by atoms with Crippen LogP contribution in [0.1, 0.15) is 6.42 Å². The van der Waals surface area contributed by atoms with E-state index in [2.05, 4.69) is 18.0 Å². The Bertz CT molecular complexity index is 328. The largest absolute Gasteiger partial charge is 0.380 e. The van der Waals surface area contributed by atoms with Crippen LogP contribution in [-0.4, -0.2) is 51.5 Å². The van der Waals surface area contributed by atoms with Crippen LogP contribution in [0.4, 0.5) is 0 Å². The first-order valence-corrected chi connectivity index (χ1v) is 5.98. The minimum absolute atomic E-state index is 0.0742. The SMILES string of the molecule is CN1CCC(C2(C3(C#N)COC3)COC2)C1. The maximum atomic E-state index is 9.46. The van der Waals surface area contributed by atoms with Crippen LogP contribution in [0.25, 0.3) is 0 Å². The Kier molecular flexibility index (Phi) is 2.25. The molecule has 3 rings (SSSR count). The molecule has 0 N–H and O–H groups in total. The van der Waals surface area contributed by atoms with Gasteiger partial charge in [0.2, 0.25) is 0 Å². The second-order valence-corrected chi connectivity index (χ2v) is 5.58. The molecule has 0 saturated carbocycles. The average molecular weight is 222 g/mol. The number of likely N-dealkylation sites (tertiary alicyclic amines) is 1. The predicted molar refractivity (Wildman–Crippen MR) is 57.7 cm³/mol. The fourth-order valence-electron chi connectivity index (χ4n) is 3.38. The monoisotopic (exact) mass is 222 g/mol. The van der Waals surface area contributed by atoms with E-state index >= 15 is 0 Å². The molecule has 4 heteroatoms. The van der Waals surface area contributed by atoms with E-state index < -0.39 is 0 Å². The van der Waals surface area contributed by atoms with Gasteiger partial charge in [0.05, 0.1) is 32.5 Å². The summed E-state index contributed by atoms with van der Waals surface area (Å²) in [5.41, 5.74) is -0.189. The zero-order valence-corrected chi connectivity index (χ0v) is 9.74. The molecule has 16 heavy (non-hydrogen) atoms. The van der Waals surface area contributed by atoms with Gasteiger partial charge in [-0.25, -0.2) is 0 Å². The third-order valence-electron chi connectivity index (χ3n) is 4.76. The molecule has 4 nitrogen and oxygen atoms in total. The zero-order chi connectivity index (χ0) is 11.2. The summed E-state index contributed by atoms with van der Waals surface area (Å²) < 4.78 is 10.8. The van der Waals surface area contributed by atoms with E-state index in [0.29, 0.717) is 19.1 Å². The fraction of sp³-hybridized carbons (Fsp3) is 0.917. The van der Waals surface area contributed by atoms with Crippen molar-refractivity contribution in [1.29, 1.82) is 5.26 Å². The third-order valence-corrected chi connectivity index (χ3v) is 4.76. The number of nitriles is 1. The Morgan fingerprint density at radius 1 is 1.25 bits per heavy atom. The third kappa shape index (κ3) is 1.14. The number of hydrogen-bond acceptors (Lipinski definition) is 4. The highest BCUT2D eigenvalue weighted by molar-refractivity contribution is 5.19. The zero-order valence-electron chi connectivity index (χ0n) is 9.74. The van der Waals surface area contributed by atoms with E-state index in [0.717, 1.165) is 26.3 Å². The Morgan fingerprint density at radius 3 is 2.25 bits per heavy atom. The van der Waals surface area contributed by atoms with E-state index in [1.54, 1.807) is 0 Å². The molecule has 0 spiro atoms. The summed E-state index contributed by atoms with van der Waals surface area (Å²) in [6, 6.07) is 2.53. The summed E-state index contributed by atoms with van der Waals surface area (Å²) in [6.45, 7) is 4.96. The van der Waals surface area contributed by atoms with Crippen molar-refractivity contribution in [3.63, 3.8) is 0 Å². The summed E-state index contributed by atoms with van der Waals surface area (Å²) in [6.07, 6.45) is 1.20. The molecule has 88 valence electrons. The Hall–Kier alpha value is -0.630. The lowest BCUT2D eigenvalue weighted by molar-refractivity contribution is -0.263. The van der Waals surface area contributed by atoms with Crippen LogP contribution < -0.4 is 0 Å². The average Bonchev–Trinajstić information content (AvgIpc) is 2.55. The van der Waals surface area contributed by atoms with Gasteiger partial charge in [-0.1, -0.05) is 0 Å². The summed E-state index contributed by atoms with van der Waals surface area (Å²) in [7, 11) is 2.16. The summed E-state index contributed by atoms with van der Waals surface area (Å²) >= 11 is 0. The number of hydrogen-bond donors (Lipinski definition) is 0. The van der Waals surface area contributed by atoms with Crippen LogP contribution in [0, 0.1) is 28.1 Å². The van der Waals surface area contributed by atoms with E-state index in [1.165, 1.54) is 6.42 Å². The topological polar surface area (TPSA) is 45.5 Å². The lowest BCUT2D eigenvalue weighted by atomic mass is 9.55. The molecule has 0 aromatic rings. The van der Waals surface area contributed by atoms with Crippen molar-refractivity contribution >= 4 is 0 Å². The van der Waals surface area contributed by atoms with Gasteiger partial charge in [0.25, 0.3) is 0 Å². The van der Waals surface area contributed by atoms with Gasteiger partial charge >= 0.3 is 0 Å². The van der Waals surface area contributed by atoms with Crippen molar-refractivity contribution < 1.29 is 9.47 Å². The Balaban J connectivity index is 1.86. The molecule has 3 heterocycles. The van der Waals surface area contributed by atoms with Crippen molar-refractivity contribution in [2.24, 2.45) is 16.7 Å². The molecule has 1 unspecified atom stereocenters. The van der Waals surface area contributed by atoms with Crippen molar-refractivity contribution in [3.05, 3.63) is 0 Å². The summed E-state index contributed by atoms with van der Waals surface area (Å²) in [5.74, 6) is 0.606. The smallest absolute Gasteiger partial charge is 0.114 e. The molecule has 0 aromatic carbocycles. The van der Waals surface area contributed by atoms with Gasteiger partial charge in [-0.2, -0.15) is 5.26 Å². The minimum Gasteiger partial charge on any atom is -0.380 e. The molecule has 1 atom stereocenters. The second kappa shape index (κ2) is 3.43. The van der Waals surface area contributed by atoms with Crippen molar-refractivity contribution in [2.45, 2.75) is 6.42 Å². The second-order valence-electron chi connectivity index (χ2n) is 5.58. The van der Waals surface area contributed by atoms with E-state index in [9.17, 15) is 5.26 Å². The lowest BCUT2D eigenvalue weighted by Gasteiger charge is -2.58. The van der Waals surface area contributed by atoms with Gasteiger partial charge in [0, 0.05) is 12.0 Å². The van der Waals surface area contributed by atoms with Gasteiger partial charge in [0.15, 0.2) is 0 Å². The van der Waals surface area contributed by atoms with Crippen LogP contribution in [-0.2, 0) is 9.47 Å². The molecular formula is C12H18N2O2. The standard InChI is InChI=1S/C12H18N2O2/c1-14-3-2-10(4-14)12(8-16-9-12)11(5-13)6-15-7-11/h10H,2-4,6-9H2,1H3. The van der Waals surface area contributed by atoms with Crippen LogP contribution in [0.2, 0.25) is 0 Å². The minimum atomic E-state index is -0.263. The molecule has 0 radical (unpaired) electrons. The van der Waals surface area contributed by atoms with Crippen LogP contribution >= 0.6 is 0 Å². The van der Waals surface area contributed by atoms with Crippen LogP contribution in [0.5, 0.6) is 0 Å². The first kappa shape index (κ1) is 10.5. The van der Waals surface area contributed by atoms with E-state index in [1.807, 2.05) is 0 Å². The first-order valence-electron chi connectivity index (χ1n) is 5.98. The van der Waals surface area contributed by atoms with Gasteiger partial charge in [-0.05, 0) is 25.9 Å². The van der Waals surface area contributed by atoms with E-state index in [-0.39, 0.29) is 10.8 Å². The number of rotatable bonds is 2. The molecule has 3 aliphatic rings. The fourth-order valence-corrected chi connectivity index (χ4v) is 3.38. The molecule has 0 aromatic heterocycles. The normalized spacial score (nSPS) is 36.1. The molecule has 0 bridgehead atoms. The molecule has 3 aliphatic heterocycles. The van der Waals surface area contributed by atoms with Gasteiger partial charge in [0.1, 0.15) is 5.41 Å².